The van der Waals surface area contributed by atoms with Gasteiger partial charge in [-0.3, -0.25) is 19.3 Å². The standard InChI is InChI=1S/C26H27N5O3S/c32-23(27-20-8-4-7-18(13-20)24(33)28-19-9-10-19)16-35-26-29-22-11-12-31(15-21(22)25(34)30-26)14-17-5-2-1-3-6-17/h1-8,13,19H,9-12,14-16H2,(H,27,32)(H,28,33)(H,29,30,34). The van der Waals surface area contributed by atoms with E-state index < -0.39 is 0 Å². The van der Waals surface area contributed by atoms with Gasteiger partial charge in [-0.2, -0.15) is 0 Å². The van der Waals surface area contributed by atoms with Crippen LogP contribution in [0.3, 0.4) is 0 Å². The molecule has 35 heavy (non-hydrogen) atoms. The smallest absolute Gasteiger partial charge is 0.256 e. The number of benzene rings is 2. The quantitative estimate of drug-likeness (QED) is 0.332. The summed E-state index contributed by atoms with van der Waals surface area (Å²) in [6.45, 7) is 2.18. The summed E-state index contributed by atoms with van der Waals surface area (Å²) < 4.78 is 0. The minimum Gasteiger partial charge on any atom is -0.349 e. The maximum absolute atomic E-state index is 12.7. The molecule has 0 saturated heterocycles. The molecule has 5 rings (SSSR count). The van der Waals surface area contributed by atoms with Crippen molar-refractivity contribution in [1.29, 1.82) is 0 Å². The first-order valence-electron chi connectivity index (χ1n) is 11.8. The van der Waals surface area contributed by atoms with E-state index in [9.17, 15) is 14.4 Å². The molecule has 1 saturated carbocycles. The first kappa shape index (κ1) is 23.3. The lowest BCUT2D eigenvalue weighted by molar-refractivity contribution is -0.113. The van der Waals surface area contributed by atoms with Gasteiger partial charge in [0.1, 0.15) is 0 Å². The molecule has 0 bridgehead atoms. The Kier molecular flexibility index (Phi) is 6.96. The first-order valence-corrected chi connectivity index (χ1v) is 12.7. The van der Waals surface area contributed by atoms with Crippen molar-refractivity contribution in [1.82, 2.24) is 20.2 Å². The first-order chi connectivity index (χ1) is 17.0. The van der Waals surface area contributed by atoms with E-state index >= 15 is 0 Å². The number of nitrogens with zero attached hydrogens (tertiary/aromatic N) is 2. The van der Waals surface area contributed by atoms with Crippen molar-refractivity contribution in [3.8, 4) is 0 Å². The van der Waals surface area contributed by atoms with Crippen LogP contribution in [-0.4, -0.2) is 45.0 Å². The second-order valence-corrected chi connectivity index (χ2v) is 9.87. The molecule has 9 heteroatoms. The average Bonchev–Trinajstić information content (AvgIpc) is 3.68. The lowest BCUT2D eigenvalue weighted by Gasteiger charge is -2.27. The number of hydrogen-bond acceptors (Lipinski definition) is 6. The molecule has 1 aliphatic heterocycles. The number of rotatable bonds is 8. The highest BCUT2D eigenvalue weighted by atomic mass is 32.2. The average molecular weight is 490 g/mol. The third-order valence-electron chi connectivity index (χ3n) is 6.04. The summed E-state index contributed by atoms with van der Waals surface area (Å²) in [5, 5.41) is 6.20. The maximum Gasteiger partial charge on any atom is 0.256 e. The summed E-state index contributed by atoms with van der Waals surface area (Å²) in [4.78, 5) is 47.1. The number of anilines is 1. The van der Waals surface area contributed by atoms with Gasteiger partial charge in [-0.15, -0.1) is 0 Å². The monoisotopic (exact) mass is 489 g/mol. The van der Waals surface area contributed by atoms with Gasteiger partial charge in [0, 0.05) is 43.3 Å². The van der Waals surface area contributed by atoms with Crippen LogP contribution >= 0.6 is 11.8 Å². The molecule has 3 aromatic rings. The van der Waals surface area contributed by atoms with Crippen molar-refractivity contribution in [3.05, 3.63) is 87.3 Å². The SMILES string of the molecule is O=C(CSc1nc2c(c(=O)[nH]1)CN(Cc1ccccc1)CC2)Nc1cccc(C(=O)NC2CC2)c1. The number of carbonyl (C=O) groups is 2. The van der Waals surface area contributed by atoms with Gasteiger partial charge in [0.25, 0.3) is 11.5 Å². The van der Waals surface area contributed by atoms with Crippen molar-refractivity contribution >= 4 is 29.3 Å². The Morgan fingerprint density at radius 2 is 1.94 bits per heavy atom. The van der Waals surface area contributed by atoms with Crippen molar-refractivity contribution < 1.29 is 9.59 Å². The molecule has 0 atom stereocenters. The number of amides is 2. The molecular weight excluding hydrogens is 462 g/mol. The van der Waals surface area contributed by atoms with E-state index in [0.29, 0.717) is 34.9 Å². The van der Waals surface area contributed by atoms with Crippen molar-refractivity contribution in [2.24, 2.45) is 0 Å². The van der Waals surface area contributed by atoms with Gasteiger partial charge in [-0.25, -0.2) is 4.98 Å². The van der Waals surface area contributed by atoms with E-state index in [0.717, 1.165) is 31.6 Å². The fraction of sp³-hybridized carbons (Fsp3) is 0.308. The van der Waals surface area contributed by atoms with Crippen molar-refractivity contribution in [2.45, 2.75) is 43.6 Å². The highest BCUT2D eigenvalue weighted by molar-refractivity contribution is 7.99. The minimum atomic E-state index is -0.232. The molecule has 0 unspecified atom stereocenters. The van der Waals surface area contributed by atoms with Gasteiger partial charge >= 0.3 is 0 Å². The van der Waals surface area contributed by atoms with Crippen LogP contribution in [0.2, 0.25) is 0 Å². The van der Waals surface area contributed by atoms with Gasteiger partial charge in [0.15, 0.2) is 5.16 Å². The van der Waals surface area contributed by atoms with Gasteiger partial charge in [-0.1, -0.05) is 48.2 Å². The summed E-state index contributed by atoms with van der Waals surface area (Å²) in [7, 11) is 0. The van der Waals surface area contributed by atoms with Crippen LogP contribution in [0, 0.1) is 0 Å². The fourth-order valence-electron chi connectivity index (χ4n) is 4.07. The van der Waals surface area contributed by atoms with Crippen LogP contribution in [0.1, 0.15) is 40.0 Å². The highest BCUT2D eigenvalue weighted by Crippen LogP contribution is 2.21. The van der Waals surface area contributed by atoms with Gasteiger partial charge in [0.05, 0.1) is 17.0 Å². The molecule has 1 aromatic heterocycles. The van der Waals surface area contributed by atoms with Gasteiger partial charge in [0.2, 0.25) is 5.91 Å². The number of hydrogen-bond donors (Lipinski definition) is 3. The van der Waals surface area contributed by atoms with Crippen LogP contribution in [0.25, 0.3) is 0 Å². The molecule has 2 amide bonds. The van der Waals surface area contributed by atoms with E-state index in [-0.39, 0.29) is 29.2 Å². The molecule has 0 spiro atoms. The molecule has 2 aromatic carbocycles. The highest BCUT2D eigenvalue weighted by Gasteiger charge is 2.24. The zero-order chi connectivity index (χ0) is 24.2. The summed E-state index contributed by atoms with van der Waals surface area (Å²) in [5.74, 6) is -0.263. The lowest BCUT2D eigenvalue weighted by Crippen LogP contribution is -2.35. The number of H-pyrrole nitrogens is 1. The van der Waals surface area contributed by atoms with E-state index in [1.165, 1.54) is 17.3 Å². The molecule has 1 fully saturated rings. The van der Waals surface area contributed by atoms with Gasteiger partial charge in [-0.05, 0) is 36.6 Å². The third kappa shape index (κ3) is 6.17. The zero-order valence-corrected chi connectivity index (χ0v) is 20.1. The van der Waals surface area contributed by atoms with E-state index in [4.69, 9.17) is 0 Å². The number of thioether (sulfide) groups is 1. The molecular formula is C26H27N5O3S. The molecule has 1 aliphatic carbocycles. The number of aromatic amines is 1. The number of nitrogens with one attached hydrogen (secondary N) is 3. The molecule has 180 valence electrons. The van der Waals surface area contributed by atoms with Crippen molar-refractivity contribution in [2.75, 3.05) is 17.6 Å². The second kappa shape index (κ2) is 10.5. The molecule has 0 radical (unpaired) electrons. The minimum absolute atomic E-state index is 0.0976. The van der Waals surface area contributed by atoms with Crippen LogP contribution < -0.4 is 16.2 Å². The van der Waals surface area contributed by atoms with Crippen LogP contribution in [0.15, 0.2) is 64.5 Å². The Morgan fingerprint density at radius 3 is 2.74 bits per heavy atom. The largest absolute Gasteiger partial charge is 0.349 e. The Bertz CT molecular complexity index is 1290. The van der Waals surface area contributed by atoms with Crippen LogP contribution in [-0.2, 0) is 24.3 Å². The van der Waals surface area contributed by atoms with Crippen LogP contribution in [0.5, 0.6) is 0 Å². The molecule has 2 aliphatic rings. The third-order valence-corrected chi connectivity index (χ3v) is 6.91. The van der Waals surface area contributed by atoms with Crippen molar-refractivity contribution in [3.63, 3.8) is 0 Å². The molecule has 3 N–H and O–H groups in total. The zero-order valence-electron chi connectivity index (χ0n) is 19.3. The maximum atomic E-state index is 12.7. The summed E-state index contributed by atoms with van der Waals surface area (Å²) >= 11 is 1.19. The predicted octanol–water partition coefficient (Wildman–Crippen LogP) is 2.95. The van der Waals surface area contributed by atoms with E-state index in [1.807, 2.05) is 18.2 Å². The topological polar surface area (TPSA) is 107 Å². The van der Waals surface area contributed by atoms with E-state index in [2.05, 4.69) is 37.6 Å². The number of fused-ring (bicyclic) bond motifs is 1. The second-order valence-electron chi connectivity index (χ2n) is 8.91. The summed E-state index contributed by atoms with van der Waals surface area (Å²) in [6.07, 6.45) is 2.73. The fourth-order valence-corrected chi connectivity index (χ4v) is 4.75. The van der Waals surface area contributed by atoms with E-state index in [1.54, 1.807) is 24.3 Å². The lowest BCUT2D eigenvalue weighted by atomic mass is 10.1. The Balaban J connectivity index is 1.16. The Hall–Kier alpha value is -3.43. The molecule has 2 heterocycles. The summed E-state index contributed by atoms with van der Waals surface area (Å²) in [6, 6.07) is 17.4. The normalized spacial score (nSPS) is 15.3. The van der Waals surface area contributed by atoms with Crippen LogP contribution in [0.4, 0.5) is 5.69 Å². The predicted molar refractivity (Wildman–Crippen MR) is 135 cm³/mol. The number of carbonyl (C=O) groups excluding carboxylic acids is 2. The Labute approximate surface area is 207 Å². The van der Waals surface area contributed by atoms with Gasteiger partial charge < -0.3 is 15.6 Å². The Morgan fingerprint density at radius 1 is 1.11 bits per heavy atom. The molecule has 8 nitrogen and oxygen atoms in total. The number of aromatic nitrogens is 2. The summed E-state index contributed by atoms with van der Waals surface area (Å²) in [5.41, 5.74) is 3.64.